The zero-order valence-electron chi connectivity index (χ0n) is 17.5. The Kier molecular flexibility index (Phi) is 7.56. The highest BCUT2D eigenvalue weighted by Crippen LogP contribution is 2.38. The first-order valence-electron chi connectivity index (χ1n) is 9.62. The molecule has 0 radical (unpaired) electrons. The van der Waals surface area contributed by atoms with E-state index >= 15 is 0 Å². The molecular formula is C24H24N2O4S. The highest BCUT2D eigenvalue weighted by molar-refractivity contribution is 8.00. The van der Waals surface area contributed by atoms with Gasteiger partial charge in [0.2, 0.25) is 11.8 Å². The lowest BCUT2D eigenvalue weighted by Gasteiger charge is -2.19. The second-order valence-corrected chi connectivity index (χ2v) is 7.85. The lowest BCUT2D eigenvalue weighted by atomic mass is 10.1. The Morgan fingerprint density at radius 1 is 0.871 bits per heavy atom. The summed E-state index contributed by atoms with van der Waals surface area (Å²) in [6, 6.07) is 22.2. The zero-order valence-corrected chi connectivity index (χ0v) is 18.4. The average molecular weight is 437 g/mol. The maximum atomic E-state index is 13.3. The molecule has 1 unspecified atom stereocenters. The first kappa shape index (κ1) is 22.2. The van der Waals surface area contributed by atoms with Crippen LogP contribution in [0.2, 0.25) is 0 Å². The van der Waals surface area contributed by atoms with Crippen molar-refractivity contribution in [2.45, 2.75) is 17.1 Å². The van der Waals surface area contributed by atoms with Crippen molar-refractivity contribution < 1.29 is 19.1 Å². The summed E-state index contributed by atoms with van der Waals surface area (Å²) >= 11 is 1.40. The molecule has 160 valence electrons. The van der Waals surface area contributed by atoms with Crippen LogP contribution < -0.4 is 20.1 Å². The van der Waals surface area contributed by atoms with Gasteiger partial charge in [0.05, 0.1) is 19.9 Å². The molecule has 2 amide bonds. The van der Waals surface area contributed by atoms with Gasteiger partial charge in [-0.3, -0.25) is 9.59 Å². The zero-order chi connectivity index (χ0) is 22.2. The Morgan fingerprint density at radius 2 is 1.65 bits per heavy atom. The minimum Gasteiger partial charge on any atom is -0.497 e. The molecule has 0 aliphatic heterocycles. The van der Waals surface area contributed by atoms with Crippen LogP contribution in [0.3, 0.4) is 0 Å². The second-order valence-electron chi connectivity index (χ2n) is 6.67. The molecule has 3 rings (SSSR count). The number of methoxy groups -OCH3 is 2. The largest absolute Gasteiger partial charge is 0.497 e. The smallest absolute Gasteiger partial charge is 0.242 e. The van der Waals surface area contributed by atoms with Crippen molar-refractivity contribution in [3.63, 3.8) is 0 Å². The lowest BCUT2D eigenvalue weighted by molar-refractivity contribution is -0.116. The summed E-state index contributed by atoms with van der Waals surface area (Å²) in [6.07, 6.45) is 0. The fraction of sp³-hybridized carbons (Fsp3) is 0.167. The van der Waals surface area contributed by atoms with Crippen LogP contribution in [0, 0.1) is 0 Å². The Balaban J connectivity index is 1.90. The SMILES string of the molecule is COc1ccc(OC)c(NC(=O)C(Sc2cccc(NC(C)=O)c2)c2ccccc2)c1. The summed E-state index contributed by atoms with van der Waals surface area (Å²) in [6.45, 7) is 1.46. The molecule has 0 saturated heterocycles. The highest BCUT2D eigenvalue weighted by atomic mass is 32.2. The number of rotatable bonds is 8. The van der Waals surface area contributed by atoms with Crippen LogP contribution >= 0.6 is 11.8 Å². The monoisotopic (exact) mass is 436 g/mol. The van der Waals surface area contributed by atoms with Gasteiger partial charge < -0.3 is 20.1 Å². The van der Waals surface area contributed by atoms with Crippen molar-refractivity contribution in [1.29, 1.82) is 0 Å². The third-order valence-electron chi connectivity index (χ3n) is 4.41. The summed E-state index contributed by atoms with van der Waals surface area (Å²) < 4.78 is 10.7. The highest BCUT2D eigenvalue weighted by Gasteiger charge is 2.23. The third kappa shape index (κ3) is 6.02. The molecule has 6 nitrogen and oxygen atoms in total. The number of thioether (sulfide) groups is 1. The number of carbonyl (C=O) groups excluding carboxylic acids is 2. The van der Waals surface area contributed by atoms with E-state index in [1.807, 2.05) is 54.6 Å². The van der Waals surface area contributed by atoms with E-state index < -0.39 is 5.25 Å². The number of hydrogen-bond donors (Lipinski definition) is 2. The molecule has 0 aliphatic rings. The van der Waals surface area contributed by atoms with Gasteiger partial charge in [0.1, 0.15) is 16.7 Å². The standard InChI is InChI=1S/C24H24N2O4S/c1-16(27)25-18-10-7-11-20(14-18)31-23(17-8-5-4-6-9-17)24(28)26-21-15-19(29-2)12-13-22(21)30-3/h4-15,23H,1-3H3,(H,25,27)(H,26,28). The third-order valence-corrected chi connectivity index (χ3v) is 5.66. The van der Waals surface area contributed by atoms with Crippen LogP contribution in [0.1, 0.15) is 17.7 Å². The van der Waals surface area contributed by atoms with E-state index in [0.29, 0.717) is 22.9 Å². The van der Waals surface area contributed by atoms with Gasteiger partial charge in [-0.2, -0.15) is 0 Å². The maximum absolute atomic E-state index is 13.3. The molecule has 3 aromatic carbocycles. The van der Waals surface area contributed by atoms with E-state index in [0.717, 1.165) is 10.5 Å². The number of carbonyl (C=O) groups is 2. The topological polar surface area (TPSA) is 76.7 Å². The Bertz CT molecular complexity index is 1060. The van der Waals surface area contributed by atoms with Crippen molar-refractivity contribution in [3.8, 4) is 11.5 Å². The van der Waals surface area contributed by atoms with Crippen molar-refractivity contribution >= 4 is 35.0 Å². The van der Waals surface area contributed by atoms with Crippen molar-refractivity contribution in [2.24, 2.45) is 0 Å². The number of benzene rings is 3. The van der Waals surface area contributed by atoms with Crippen LogP contribution in [0.5, 0.6) is 11.5 Å². The molecule has 0 fully saturated rings. The van der Waals surface area contributed by atoms with Gasteiger partial charge in [0.25, 0.3) is 0 Å². The molecule has 2 N–H and O–H groups in total. The molecule has 0 bridgehead atoms. The maximum Gasteiger partial charge on any atom is 0.242 e. The molecule has 7 heteroatoms. The predicted octanol–water partition coefficient (Wildman–Crippen LogP) is 5.13. The van der Waals surface area contributed by atoms with Gasteiger partial charge in [-0.15, -0.1) is 11.8 Å². The van der Waals surface area contributed by atoms with E-state index in [2.05, 4.69) is 10.6 Å². The quantitative estimate of drug-likeness (QED) is 0.479. The Hall–Kier alpha value is -3.45. The van der Waals surface area contributed by atoms with Gasteiger partial charge in [0, 0.05) is 23.6 Å². The molecule has 3 aromatic rings. The van der Waals surface area contributed by atoms with E-state index in [-0.39, 0.29) is 11.8 Å². The summed E-state index contributed by atoms with van der Waals surface area (Å²) in [7, 11) is 3.12. The number of anilines is 2. The van der Waals surface area contributed by atoms with Gasteiger partial charge in [-0.05, 0) is 35.9 Å². The van der Waals surface area contributed by atoms with E-state index in [1.54, 1.807) is 32.4 Å². The van der Waals surface area contributed by atoms with Gasteiger partial charge in [-0.25, -0.2) is 0 Å². The Labute approximate surface area is 186 Å². The normalized spacial score (nSPS) is 11.3. The lowest BCUT2D eigenvalue weighted by Crippen LogP contribution is -2.19. The minimum atomic E-state index is -0.523. The van der Waals surface area contributed by atoms with E-state index in [4.69, 9.17) is 9.47 Å². The summed E-state index contributed by atoms with van der Waals surface area (Å²) in [5.41, 5.74) is 2.07. The van der Waals surface area contributed by atoms with Gasteiger partial charge >= 0.3 is 0 Å². The minimum absolute atomic E-state index is 0.148. The molecule has 0 aromatic heterocycles. The van der Waals surface area contributed by atoms with Crippen LogP contribution in [-0.4, -0.2) is 26.0 Å². The molecule has 0 aliphatic carbocycles. The summed E-state index contributed by atoms with van der Waals surface area (Å²) in [4.78, 5) is 25.6. The first-order valence-corrected chi connectivity index (χ1v) is 10.5. The fourth-order valence-electron chi connectivity index (χ4n) is 3.00. The molecule has 31 heavy (non-hydrogen) atoms. The molecule has 0 spiro atoms. The van der Waals surface area contributed by atoms with Crippen molar-refractivity contribution in [3.05, 3.63) is 78.4 Å². The Morgan fingerprint density at radius 3 is 2.32 bits per heavy atom. The number of amides is 2. The van der Waals surface area contributed by atoms with E-state index in [1.165, 1.54) is 18.7 Å². The fourth-order valence-corrected chi connectivity index (χ4v) is 4.08. The molecule has 0 saturated carbocycles. The second kappa shape index (κ2) is 10.5. The molecule has 1 atom stereocenters. The van der Waals surface area contributed by atoms with Crippen LogP contribution in [-0.2, 0) is 9.59 Å². The number of ether oxygens (including phenoxy) is 2. The van der Waals surface area contributed by atoms with Crippen molar-refractivity contribution in [2.75, 3.05) is 24.9 Å². The van der Waals surface area contributed by atoms with Gasteiger partial charge in [-0.1, -0.05) is 36.4 Å². The summed E-state index contributed by atoms with van der Waals surface area (Å²) in [5.74, 6) is 0.805. The van der Waals surface area contributed by atoms with Crippen LogP contribution in [0.25, 0.3) is 0 Å². The molecule has 0 heterocycles. The number of hydrogen-bond acceptors (Lipinski definition) is 5. The molecular weight excluding hydrogens is 412 g/mol. The number of nitrogens with one attached hydrogen (secondary N) is 2. The van der Waals surface area contributed by atoms with E-state index in [9.17, 15) is 9.59 Å². The van der Waals surface area contributed by atoms with Gasteiger partial charge in [0.15, 0.2) is 0 Å². The first-order chi connectivity index (χ1) is 15.0. The van der Waals surface area contributed by atoms with Crippen LogP contribution in [0.15, 0.2) is 77.7 Å². The summed E-state index contributed by atoms with van der Waals surface area (Å²) in [5, 5.41) is 5.22. The average Bonchev–Trinajstić information content (AvgIpc) is 2.77. The van der Waals surface area contributed by atoms with Crippen LogP contribution in [0.4, 0.5) is 11.4 Å². The predicted molar refractivity (Wildman–Crippen MR) is 124 cm³/mol. The van der Waals surface area contributed by atoms with Crippen molar-refractivity contribution in [1.82, 2.24) is 0 Å².